The Morgan fingerprint density at radius 3 is 2.76 bits per heavy atom. The zero-order chi connectivity index (χ0) is 15.7. The lowest BCUT2D eigenvalue weighted by molar-refractivity contribution is -0.143. The van der Waals surface area contributed by atoms with Gasteiger partial charge in [0.05, 0.1) is 13.2 Å². The van der Waals surface area contributed by atoms with Gasteiger partial charge in [0, 0.05) is 16.6 Å². The third-order valence-electron chi connectivity index (χ3n) is 2.77. The lowest BCUT2D eigenvalue weighted by Gasteiger charge is -2.08. The number of esters is 1. The topological polar surface area (TPSA) is 67.4 Å². The molecule has 0 saturated heterocycles. The van der Waals surface area contributed by atoms with Gasteiger partial charge in [-0.15, -0.1) is 0 Å². The number of hydrogen-bond donors (Lipinski definition) is 2. The summed E-state index contributed by atoms with van der Waals surface area (Å²) < 4.78 is 5.83. The van der Waals surface area contributed by atoms with Gasteiger partial charge in [-0.3, -0.25) is 9.59 Å². The molecule has 5 nitrogen and oxygen atoms in total. The fourth-order valence-corrected chi connectivity index (χ4v) is 1.97. The summed E-state index contributed by atoms with van der Waals surface area (Å²) in [6.45, 7) is 4.97. The molecule has 0 saturated carbocycles. The maximum absolute atomic E-state index is 11.7. The minimum atomic E-state index is -0.200. The van der Waals surface area contributed by atoms with Crippen LogP contribution in [0.1, 0.15) is 25.3 Å². The van der Waals surface area contributed by atoms with Crippen LogP contribution in [0.2, 0.25) is 0 Å². The van der Waals surface area contributed by atoms with Crippen molar-refractivity contribution in [1.82, 2.24) is 5.32 Å². The lowest BCUT2D eigenvalue weighted by atomic mass is 10.2. The molecule has 6 heteroatoms. The van der Waals surface area contributed by atoms with Gasteiger partial charge in [-0.1, -0.05) is 15.9 Å². The molecular formula is C15H21BrN2O3. The van der Waals surface area contributed by atoms with Crippen molar-refractivity contribution >= 4 is 33.5 Å². The van der Waals surface area contributed by atoms with Gasteiger partial charge in [0.15, 0.2) is 0 Å². The van der Waals surface area contributed by atoms with Gasteiger partial charge in [-0.2, -0.15) is 0 Å². The zero-order valence-corrected chi connectivity index (χ0v) is 14.0. The molecule has 0 heterocycles. The van der Waals surface area contributed by atoms with Gasteiger partial charge in [0.25, 0.3) is 0 Å². The third-order valence-corrected chi connectivity index (χ3v) is 3.66. The number of rotatable bonds is 8. The van der Waals surface area contributed by atoms with Crippen molar-refractivity contribution in [3.8, 4) is 0 Å². The van der Waals surface area contributed by atoms with Gasteiger partial charge >= 0.3 is 5.97 Å². The molecule has 0 atom stereocenters. The van der Waals surface area contributed by atoms with Gasteiger partial charge < -0.3 is 15.4 Å². The number of carbonyl (C=O) groups excluding carboxylic acids is 2. The summed E-state index contributed by atoms with van der Waals surface area (Å²) in [5.74, 6) is -0.304. The van der Waals surface area contributed by atoms with Crippen LogP contribution >= 0.6 is 15.9 Å². The molecule has 1 amide bonds. The molecule has 0 aromatic heterocycles. The number of halogens is 1. The molecule has 0 spiro atoms. The van der Waals surface area contributed by atoms with Crippen molar-refractivity contribution in [2.75, 3.05) is 25.0 Å². The van der Waals surface area contributed by atoms with E-state index in [4.69, 9.17) is 4.74 Å². The van der Waals surface area contributed by atoms with E-state index in [2.05, 4.69) is 26.6 Å². The summed E-state index contributed by atoms with van der Waals surface area (Å²) in [4.78, 5) is 22.8. The Hall–Kier alpha value is -1.40. The highest BCUT2D eigenvalue weighted by Crippen LogP contribution is 2.19. The monoisotopic (exact) mass is 356 g/mol. The standard InChI is InChI=1S/C15H21BrN2O3/c1-3-21-15(20)5-4-8-17-10-14(19)18-12-6-7-13(16)11(2)9-12/h6-7,9,17H,3-5,8,10H2,1-2H3,(H,18,19). The average Bonchev–Trinajstić information content (AvgIpc) is 2.43. The van der Waals surface area contributed by atoms with Crippen LogP contribution in [-0.4, -0.2) is 31.6 Å². The lowest BCUT2D eigenvalue weighted by Crippen LogP contribution is -2.29. The number of anilines is 1. The SMILES string of the molecule is CCOC(=O)CCCNCC(=O)Nc1ccc(Br)c(C)c1. The second kappa shape index (κ2) is 9.52. The smallest absolute Gasteiger partial charge is 0.305 e. The van der Waals surface area contributed by atoms with Crippen molar-refractivity contribution in [2.24, 2.45) is 0 Å². The summed E-state index contributed by atoms with van der Waals surface area (Å²) in [5, 5.41) is 5.82. The van der Waals surface area contributed by atoms with Gasteiger partial charge in [0.1, 0.15) is 0 Å². The van der Waals surface area contributed by atoms with Crippen LogP contribution in [0.15, 0.2) is 22.7 Å². The molecule has 116 valence electrons. The van der Waals surface area contributed by atoms with Crippen LogP contribution in [-0.2, 0) is 14.3 Å². The summed E-state index contributed by atoms with van der Waals surface area (Å²) in [7, 11) is 0. The molecule has 2 N–H and O–H groups in total. The predicted molar refractivity (Wildman–Crippen MR) is 86.2 cm³/mol. The maximum atomic E-state index is 11.7. The first kappa shape index (κ1) is 17.7. The second-order valence-corrected chi connectivity index (χ2v) is 5.45. The number of ether oxygens (including phenoxy) is 1. The third kappa shape index (κ3) is 7.24. The highest BCUT2D eigenvalue weighted by Gasteiger charge is 2.04. The molecule has 0 radical (unpaired) electrons. The molecule has 0 unspecified atom stereocenters. The van der Waals surface area contributed by atoms with Crippen LogP contribution < -0.4 is 10.6 Å². The van der Waals surface area contributed by atoms with Crippen LogP contribution in [0, 0.1) is 6.92 Å². The zero-order valence-electron chi connectivity index (χ0n) is 12.4. The molecule has 0 aliphatic heterocycles. The summed E-state index contributed by atoms with van der Waals surface area (Å²) >= 11 is 3.41. The van der Waals surface area contributed by atoms with E-state index in [0.717, 1.165) is 15.7 Å². The van der Waals surface area contributed by atoms with Crippen molar-refractivity contribution in [3.63, 3.8) is 0 Å². The molecule has 1 aromatic carbocycles. The Morgan fingerprint density at radius 1 is 1.33 bits per heavy atom. The number of aryl methyl sites for hydroxylation is 1. The van der Waals surface area contributed by atoms with Crippen molar-refractivity contribution in [3.05, 3.63) is 28.2 Å². The van der Waals surface area contributed by atoms with E-state index in [9.17, 15) is 9.59 Å². The van der Waals surface area contributed by atoms with E-state index in [0.29, 0.717) is 26.0 Å². The first-order chi connectivity index (χ1) is 10.0. The Bertz CT molecular complexity index is 492. The highest BCUT2D eigenvalue weighted by atomic mass is 79.9. The van der Waals surface area contributed by atoms with Crippen molar-refractivity contribution < 1.29 is 14.3 Å². The molecule has 1 rings (SSSR count). The van der Waals surface area contributed by atoms with Gasteiger partial charge in [-0.05, 0) is 50.6 Å². The number of hydrogen-bond acceptors (Lipinski definition) is 4. The first-order valence-corrected chi connectivity index (χ1v) is 7.74. The van der Waals surface area contributed by atoms with E-state index >= 15 is 0 Å². The fourth-order valence-electron chi connectivity index (χ4n) is 1.72. The van der Waals surface area contributed by atoms with E-state index in [1.807, 2.05) is 25.1 Å². The summed E-state index contributed by atoms with van der Waals surface area (Å²) in [6.07, 6.45) is 1.03. The number of nitrogens with one attached hydrogen (secondary N) is 2. The minimum absolute atomic E-state index is 0.104. The van der Waals surface area contributed by atoms with E-state index in [1.54, 1.807) is 6.92 Å². The van der Waals surface area contributed by atoms with Crippen LogP contribution in [0.25, 0.3) is 0 Å². The van der Waals surface area contributed by atoms with Crippen molar-refractivity contribution in [2.45, 2.75) is 26.7 Å². The fraction of sp³-hybridized carbons (Fsp3) is 0.467. The quantitative estimate of drug-likeness (QED) is 0.555. The normalized spacial score (nSPS) is 10.2. The molecule has 1 aromatic rings. The summed E-state index contributed by atoms with van der Waals surface area (Å²) in [6, 6.07) is 5.65. The van der Waals surface area contributed by atoms with Crippen LogP contribution in [0.4, 0.5) is 5.69 Å². The highest BCUT2D eigenvalue weighted by molar-refractivity contribution is 9.10. The Morgan fingerprint density at radius 2 is 2.10 bits per heavy atom. The number of amides is 1. The van der Waals surface area contributed by atoms with E-state index in [-0.39, 0.29) is 18.4 Å². The average molecular weight is 357 g/mol. The molecule has 0 aliphatic carbocycles. The second-order valence-electron chi connectivity index (χ2n) is 4.60. The Labute approximate surface area is 133 Å². The van der Waals surface area contributed by atoms with Gasteiger partial charge in [-0.25, -0.2) is 0 Å². The largest absolute Gasteiger partial charge is 0.466 e. The van der Waals surface area contributed by atoms with E-state index in [1.165, 1.54) is 0 Å². The minimum Gasteiger partial charge on any atom is -0.466 e. The first-order valence-electron chi connectivity index (χ1n) is 6.95. The molecule has 0 aliphatic rings. The number of carbonyl (C=O) groups is 2. The summed E-state index contributed by atoms with van der Waals surface area (Å²) in [5.41, 5.74) is 1.84. The van der Waals surface area contributed by atoms with Gasteiger partial charge in [0.2, 0.25) is 5.91 Å². The number of benzene rings is 1. The molecule has 21 heavy (non-hydrogen) atoms. The molecule has 0 fully saturated rings. The van der Waals surface area contributed by atoms with E-state index < -0.39 is 0 Å². The van der Waals surface area contributed by atoms with Crippen LogP contribution in [0.3, 0.4) is 0 Å². The Kier molecular flexibility index (Phi) is 8.00. The van der Waals surface area contributed by atoms with Crippen molar-refractivity contribution in [1.29, 1.82) is 0 Å². The maximum Gasteiger partial charge on any atom is 0.305 e. The Balaban J connectivity index is 2.19. The van der Waals surface area contributed by atoms with Crippen LogP contribution in [0.5, 0.6) is 0 Å². The molecule has 0 bridgehead atoms. The predicted octanol–water partition coefficient (Wildman–Crippen LogP) is 2.63. The molecular weight excluding hydrogens is 336 g/mol.